The molecular formula is C47H80O17P2. The summed E-state index contributed by atoms with van der Waals surface area (Å²) in [5, 5.41) is 41.2. The summed E-state index contributed by atoms with van der Waals surface area (Å²) in [5.41, 5.74) is 0. The van der Waals surface area contributed by atoms with Crippen LogP contribution in [0.25, 0.3) is 0 Å². The molecule has 0 saturated heterocycles. The molecule has 0 amide bonds. The van der Waals surface area contributed by atoms with E-state index in [2.05, 4.69) is 48.8 Å². The molecule has 7 N–H and O–H groups in total. The molecule has 5 unspecified atom stereocenters. The standard InChI is InChI=1S/C47H80O17P2/c1-3-5-7-9-11-13-15-17-18-20-22-24-26-28-30-34-40(49)60-36-39(37-61-66(58,59)64-47-44(53)42(51)43(52)46(45(47)54)63-65(55,56)57)62-41(50)35-31-33-38(48)32-29-27-25-23-21-19-16-14-12-10-8-6-4-2/h12,14,17-19,21,25,27,29,32,39,42-47,51-54H,3-11,13,15-16,20,22-24,26,28,30-31,33-37H2,1-2H3,(H,58,59)(H2,55,56,57)/b14-12-,18-17-,21-19-,27-25-,32-29+/t39-,42?,43?,44?,45?,46-,47+/m1/s1. The van der Waals surface area contributed by atoms with Gasteiger partial charge in [-0.2, -0.15) is 0 Å². The molecule has 1 aliphatic carbocycles. The van der Waals surface area contributed by atoms with Crippen molar-refractivity contribution < 1.29 is 81.7 Å². The first-order valence-corrected chi connectivity index (χ1v) is 26.8. The van der Waals surface area contributed by atoms with Crippen LogP contribution in [-0.2, 0) is 46.6 Å². The maximum absolute atomic E-state index is 13.0. The van der Waals surface area contributed by atoms with Gasteiger partial charge in [0.2, 0.25) is 0 Å². The molecule has 0 aliphatic heterocycles. The first-order chi connectivity index (χ1) is 31.5. The Labute approximate surface area is 392 Å². The van der Waals surface area contributed by atoms with Crippen molar-refractivity contribution in [2.45, 2.75) is 204 Å². The van der Waals surface area contributed by atoms with Gasteiger partial charge in [-0.1, -0.05) is 133 Å². The first-order valence-electron chi connectivity index (χ1n) is 23.8. The number of ketones is 1. The van der Waals surface area contributed by atoms with E-state index in [1.807, 2.05) is 12.2 Å². The number of carbonyl (C=O) groups is 3. The monoisotopic (exact) mass is 978 g/mol. The number of rotatable bonds is 39. The molecule has 1 fully saturated rings. The lowest BCUT2D eigenvalue weighted by Crippen LogP contribution is -2.64. The summed E-state index contributed by atoms with van der Waals surface area (Å²) in [6.07, 6.45) is 24.7. The van der Waals surface area contributed by atoms with Gasteiger partial charge in [0.15, 0.2) is 11.9 Å². The van der Waals surface area contributed by atoms with E-state index in [4.69, 9.17) is 28.3 Å². The minimum atomic E-state index is -5.39. The molecule has 1 saturated carbocycles. The summed E-state index contributed by atoms with van der Waals surface area (Å²) < 4.78 is 49.1. The van der Waals surface area contributed by atoms with Gasteiger partial charge in [-0.05, 0) is 70.3 Å². The van der Waals surface area contributed by atoms with Crippen molar-refractivity contribution in [3.63, 3.8) is 0 Å². The summed E-state index contributed by atoms with van der Waals surface area (Å²) >= 11 is 0. The first kappa shape index (κ1) is 61.4. The molecule has 1 aliphatic rings. The quantitative estimate of drug-likeness (QED) is 0.00763. The zero-order valence-corrected chi connectivity index (χ0v) is 40.9. The predicted molar refractivity (Wildman–Crippen MR) is 251 cm³/mol. The third kappa shape index (κ3) is 31.4. The number of ether oxygens (including phenoxy) is 2. The minimum absolute atomic E-state index is 0.00897. The van der Waals surface area contributed by atoms with Crippen molar-refractivity contribution in [1.82, 2.24) is 0 Å². The highest BCUT2D eigenvalue weighted by Gasteiger charge is 2.54. The Morgan fingerprint density at radius 2 is 1.03 bits per heavy atom. The molecule has 0 radical (unpaired) electrons. The van der Waals surface area contributed by atoms with Crippen molar-refractivity contribution >= 4 is 33.4 Å². The van der Waals surface area contributed by atoms with Crippen LogP contribution in [-0.4, -0.2) is 109 Å². The van der Waals surface area contributed by atoms with Crippen LogP contribution in [0.1, 0.15) is 162 Å². The van der Waals surface area contributed by atoms with Crippen LogP contribution in [0.3, 0.4) is 0 Å². The number of aliphatic hydroxyl groups excluding tert-OH is 4. The molecule has 0 bridgehead atoms. The lowest BCUT2D eigenvalue weighted by atomic mass is 9.85. The lowest BCUT2D eigenvalue weighted by molar-refractivity contribution is -0.216. The van der Waals surface area contributed by atoms with Gasteiger partial charge in [0, 0.05) is 19.3 Å². The normalized spacial score (nSPS) is 22.0. The molecule has 0 aromatic rings. The minimum Gasteiger partial charge on any atom is -0.462 e. The number of hydrogen-bond donors (Lipinski definition) is 7. The number of esters is 2. The molecular weight excluding hydrogens is 898 g/mol. The van der Waals surface area contributed by atoms with E-state index < -0.39 is 83.5 Å². The SMILES string of the molecule is CCCCC/C=C\C/C=C\C/C=C\C=C\C(=O)CCCC(=O)O[C@H](COC(=O)CCCCCCC/C=C\CCCCCCCC)COP(=O)(O)O[C@H]1C(O)C(O)C(O)[C@@H](OP(=O)(O)O)C1O. The molecule has 0 heterocycles. The molecule has 17 nitrogen and oxygen atoms in total. The molecule has 0 spiro atoms. The maximum Gasteiger partial charge on any atom is 0.472 e. The van der Waals surface area contributed by atoms with Crippen molar-refractivity contribution in [2.75, 3.05) is 13.2 Å². The summed E-state index contributed by atoms with van der Waals surface area (Å²) in [6, 6.07) is 0. The summed E-state index contributed by atoms with van der Waals surface area (Å²) in [5.74, 6) is -1.71. The van der Waals surface area contributed by atoms with Crippen LogP contribution in [0, 0.1) is 0 Å². The molecule has 8 atom stereocenters. The van der Waals surface area contributed by atoms with Crippen molar-refractivity contribution in [2.24, 2.45) is 0 Å². The highest BCUT2D eigenvalue weighted by molar-refractivity contribution is 7.47. The number of aliphatic hydroxyl groups is 4. The average Bonchev–Trinajstić information content (AvgIpc) is 3.26. The van der Waals surface area contributed by atoms with Gasteiger partial charge < -0.3 is 44.6 Å². The fourth-order valence-electron chi connectivity index (χ4n) is 6.80. The third-order valence-electron chi connectivity index (χ3n) is 10.5. The topological polar surface area (TPSA) is 273 Å². The van der Waals surface area contributed by atoms with Crippen LogP contribution >= 0.6 is 15.6 Å². The van der Waals surface area contributed by atoms with Crippen LogP contribution in [0.2, 0.25) is 0 Å². The summed E-state index contributed by atoms with van der Waals surface area (Å²) in [7, 11) is -10.8. The zero-order chi connectivity index (χ0) is 49.1. The van der Waals surface area contributed by atoms with E-state index >= 15 is 0 Å². The van der Waals surface area contributed by atoms with Crippen LogP contribution < -0.4 is 0 Å². The summed E-state index contributed by atoms with van der Waals surface area (Å²) in [6.45, 7) is 2.86. The van der Waals surface area contributed by atoms with E-state index in [1.54, 1.807) is 12.2 Å². The Kier molecular flexibility index (Phi) is 34.7. The number of hydrogen-bond acceptors (Lipinski definition) is 14. The number of allylic oxidation sites excluding steroid dienone is 10. The van der Waals surface area contributed by atoms with E-state index in [0.717, 1.165) is 51.4 Å². The second-order valence-corrected chi connectivity index (χ2v) is 19.1. The Balaban J connectivity index is 2.70. The van der Waals surface area contributed by atoms with Crippen LogP contribution in [0.5, 0.6) is 0 Å². The highest BCUT2D eigenvalue weighted by atomic mass is 31.2. The molecule has 19 heteroatoms. The van der Waals surface area contributed by atoms with Gasteiger partial charge in [-0.15, -0.1) is 0 Å². The Morgan fingerprint density at radius 1 is 0.530 bits per heavy atom. The predicted octanol–water partition coefficient (Wildman–Crippen LogP) is 8.24. The number of phosphoric acid groups is 2. The fraction of sp³-hybridized carbons (Fsp3) is 0.723. The number of unbranched alkanes of at least 4 members (excludes halogenated alkanes) is 14. The molecule has 0 aromatic heterocycles. The lowest BCUT2D eigenvalue weighted by Gasteiger charge is -2.43. The Hall–Kier alpha value is -2.63. The van der Waals surface area contributed by atoms with Gasteiger partial charge in [0.05, 0.1) is 6.61 Å². The zero-order valence-electron chi connectivity index (χ0n) is 39.1. The van der Waals surface area contributed by atoms with E-state index in [1.165, 1.54) is 63.9 Å². The third-order valence-corrected chi connectivity index (χ3v) is 12.0. The molecule has 0 aromatic carbocycles. The van der Waals surface area contributed by atoms with E-state index in [0.29, 0.717) is 12.8 Å². The molecule has 1 rings (SSSR count). The van der Waals surface area contributed by atoms with Crippen molar-refractivity contribution in [3.8, 4) is 0 Å². The fourth-order valence-corrected chi connectivity index (χ4v) is 8.34. The molecule has 380 valence electrons. The van der Waals surface area contributed by atoms with Crippen molar-refractivity contribution in [1.29, 1.82) is 0 Å². The number of phosphoric ester groups is 2. The van der Waals surface area contributed by atoms with Crippen LogP contribution in [0.15, 0.2) is 60.8 Å². The van der Waals surface area contributed by atoms with E-state index in [-0.39, 0.29) is 31.5 Å². The molecule has 66 heavy (non-hydrogen) atoms. The van der Waals surface area contributed by atoms with E-state index in [9.17, 15) is 48.8 Å². The summed E-state index contributed by atoms with van der Waals surface area (Å²) in [4.78, 5) is 66.6. The van der Waals surface area contributed by atoms with Gasteiger partial charge in [0.25, 0.3) is 0 Å². The Morgan fingerprint density at radius 3 is 1.65 bits per heavy atom. The second-order valence-electron chi connectivity index (χ2n) is 16.5. The number of carbonyl (C=O) groups excluding carboxylic acids is 3. The second kappa shape index (κ2) is 37.3. The highest BCUT2D eigenvalue weighted by Crippen LogP contribution is 2.49. The van der Waals surface area contributed by atoms with Crippen LogP contribution in [0.4, 0.5) is 0 Å². The van der Waals surface area contributed by atoms with Gasteiger partial charge in [-0.3, -0.25) is 28.0 Å². The average molecular weight is 979 g/mol. The van der Waals surface area contributed by atoms with Gasteiger partial charge in [-0.25, -0.2) is 9.13 Å². The Bertz CT molecular complexity index is 1570. The largest absolute Gasteiger partial charge is 0.472 e. The van der Waals surface area contributed by atoms with Gasteiger partial charge in [0.1, 0.15) is 43.2 Å². The van der Waals surface area contributed by atoms with Gasteiger partial charge >= 0.3 is 27.6 Å². The smallest absolute Gasteiger partial charge is 0.462 e. The maximum atomic E-state index is 13.0. The van der Waals surface area contributed by atoms with Crippen molar-refractivity contribution in [3.05, 3.63) is 60.8 Å².